The third-order valence-corrected chi connectivity index (χ3v) is 3.48. The fourth-order valence-corrected chi connectivity index (χ4v) is 2.40. The summed E-state index contributed by atoms with van der Waals surface area (Å²) in [6.45, 7) is 4.27. The molecular formula is C11H22N2O. The minimum absolute atomic E-state index is 0.491. The molecule has 82 valence electrons. The van der Waals surface area contributed by atoms with Crippen LogP contribution >= 0.6 is 0 Å². The maximum absolute atomic E-state index is 5.74. The van der Waals surface area contributed by atoms with E-state index < -0.39 is 0 Å². The van der Waals surface area contributed by atoms with Crippen LogP contribution in [-0.4, -0.2) is 32.3 Å². The zero-order valence-electron chi connectivity index (χ0n) is 8.87. The van der Waals surface area contributed by atoms with Crippen LogP contribution in [0.4, 0.5) is 0 Å². The van der Waals surface area contributed by atoms with Gasteiger partial charge in [-0.2, -0.15) is 0 Å². The first-order valence-electron chi connectivity index (χ1n) is 5.88. The molecule has 0 aromatic heterocycles. The average molecular weight is 198 g/mol. The van der Waals surface area contributed by atoms with E-state index in [9.17, 15) is 0 Å². The number of hydrogen-bond acceptors (Lipinski definition) is 3. The van der Waals surface area contributed by atoms with Crippen molar-refractivity contribution >= 4 is 0 Å². The van der Waals surface area contributed by atoms with E-state index in [0.29, 0.717) is 6.04 Å². The van der Waals surface area contributed by atoms with Gasteiger partial charge in [-0.25, -0.2) is 0 Å². The van der Waals surface area contributed by atoms with Gasteiger partial charge in [-0.3, -0.25) is 0 Å². The van der Waals surface area contributed by atoms with E-state index in [1.807, 2.05) is 0 Å². The Morgan fingerprint density at radius 1 is 1.07 bits per heavy atom. The van der Waals surface area contributed by atoms with Gasteiger partial charge >= 0.3 is 0 Å². The van der Waals surface area contributed by atoms with Crippen molar-refractivity contribution in [1.82, 2.24) is 5.32 Å². The Hall–Kier alpha value is -0.120. The lowest BCUT2D eigenvalue weighted by Gasteiger charge is -2.33. The van der Waals surface area contributed by atoms with Gasteiger partial charge in [-0.1, -0.05) is 0 Å². The molecule has 2 rings (SSSR count). The van der Waals surface area contributed by atoms with Crippen molar-refractivity contribution in [3.63, 3.8) is 0 Å². The highest BCUT2D eigenvalue weighted by molar-refractivity contribution is 4.83. The van der Waals surface area contributed by atoms with Gasteiger partial charge in [0.2, 0.25) is 0 Å². The van der Waals surface area contributed by atoms with E-state index in [0.717, 1.165) is 25.0 Å². The summed E-state index contributed by atoms with van der Waals surface area (Å²) in [6, 6.07) is 0.491. The highest BCUT2D eigenvalue weighted by atomic mass is 16.5. The molecule has 0 bridgehead atoms. The Morgan fingerprint density at radius 2 is 1.71 bits per heavy atom. The van der Waals surface area contributed by atoms with Crippen LogP contribution in [0, 0.1) is 11.8 Å². The molecule has 0 spiro atoms. The minimum atomic E-state index is 0.491. The van der Waals surface area contributed by atoms with Gasteiger partial charge in [0, 0.05) is 19.3 Å². The third-order valence-electron chi connectivity index (χ3n) is 3.48. The maximum Gasteiger partial charge on any atom is 0.0469 e. The van der Waals surface area contributed by atoms with Gasteiger partial charge in [-0.05, 0) is 50.6 Å². The molecule has 1 aliphatic carbocycles. The van der Waals surface area contributed by atoms with E-state index >= 15 is 0 Å². The molecule has 1 aliphatic heterocycles. The number of hydrogen-bond donors (Lipinski definition) is 2. The number of rotatable bonds is 4. The highest BCUT2D eigenvalue weighted by Crippen LogP contribution is 2.24. The van der Waals surface area contributed by atoms with Crippen LogP contribution in [0.5, 0.6) is 0 Å². The van der Waals surface area contributed by atoms with Crippen LogP contribution in [0.3, 0.4) is 0 Å². The predicted octanol–water partition coefficient (Wildman–Crippen LogP) is 0.740. The molecule has 0 radical (unpaired) electrons. The molecule has 0 unspecified atom stereocenters. The second kappa shape index (κ2) is 5.10. The van der Waals surface area contributed by atoms with Gasteiger partial charge in [-0.15, -0.1) is 0 Å². The molecule has 0 aromatic rings. The fourth-order valence-electron chi connectivity index (χ4n) is 2.40. The van der Waals surface area contributed by atoms with Gasteiger partial charge in [0.25, 0.3) is 0 Å². The molecule has 14 heavy (non-hydrogen) atoms. The van der Waals surface area contributed by atoms with E-state index in [-0.39, 0.29) is 0 Å². The number of nitrogens with two attached hydrogens (primary N) is 1. The van der Waals surface area contributed by atoms with Gasteiger partial charge < -0.3 is 15.8 Å². The summed E-state index contributed by atoms with van der Waals surface area (Å²) in [5.74, 6) is 1.70. The highest BCUT2D eigenvalue weighted by Gasteiger charge is 2.25. The van der Waals surface area contributed by atoms with Crippen LogP contribution in [0.1, 0.15) is 25.7 Å². The lowest BCUT2D eigenvalue weighted by molar-refractivity contribution is 0.0656. The zero-order chi connectivity index (χ0) is 9.80. The second-order valence-electron chi connectivity index (χ2n) is 4.81. The first-order valence-corrected chi connectivity index (χ1v) is 5.88. The van der Waals surface area contributed by atoms with Crippen molar-refractivity contribution in [3.05, 3.63) is 0 Å². The summed E-state index contributed by atoms with van der Waals surface area (Å²) in [5, 5.41) is 3.57. The Labute approximate surface area is 86.4 Å². The van der Waals surface area contributed by atoms with Crippen LogP contribution < -0.4 is 11.1 Å². The second-order valence-corrected chi connectivity index (χ2v) is 4.81. The van der Waals surface area contributed by atoms with E-state index in [4.69, 9.17) is 10.5 Å². The van der Waals surface area contributed by atoms with Crippen molar-refractivity contribution in [2.45, 2.75) is 31.7 Å². The third kappa shape index (κ3) is 2.94. The topological polar surface area (TPSA) is 47.3 Å². The summed E-state index contributed by atoms with van der Waals surface area (Å²) in [5.41, 5.74) is 5.74. The molecule has 0 amide bonds. The van der Waals surface area contributed by atoms with Crippen LogP contribution in [0.2, 0.25) is 0 Å². The molecule has 0 atom stereocenters. The first kappa shape index (κ1) is 10.4. The average Bonchev–Trinajstić information content (AvgIpc) is 2.17. The number of nitrogens with one attached hydrogen (secondary N) is 1. The molecule has 3 nitrogen and oxygen atoms in total. The summed E-state index contributed by atoms with van der Waals surface area (Å²) >= 11 is 0. The molecule has 1 saturated heterocycles. The summed E-state index contributed by atoms with van der Waals surface area (Å²) < 4.78 is 5.33. The molecule has 3 N–H and O–H groups in total. The Bertz CT molecular complexity index is 163. The van der Waals surface area contributed by atoms with E-state index in [1.165, 1.54) is 38.8 Å². The Balaban J connectivity index is 1.50. The SMILES string of the molecule is NC1CC(CNCC2CCOCC2)C1. The summed E-state index contributed by atoms with van der Waals surface area (Å²) in [4.78, 5) is 0. The van der Waals surface area contributed by atoms with Crippen LogP contribution in [-0.2, 0) is 4.74 Å². The van der Waals surface area contributed by atoms with Crippen molar-refractivity contribution in [2.24, 2.45) is 17.6 Å². The maximum atomic E-state index is 5.74. The monoisotopic (exact) mass is 198 g/mol. The smallest absolute Gasteiger partial charge is 0.0469 e. The molecular weight excluding hydrogens is 176 g/mol. The van der Waals surface area contributed by atoms with Gasteiger partial charge in [0.15, 0.2) is 0 Å². The van der Waals surface area contributed by atoms with Crippen molar-refractivity contribution < 1.29 is 4.74 Å². The van der Waals surface area contributed by atoms with E-state index in [1.54, 1.807) is 0 Å². The molecule has 3 heteroatoms. The zero-order valence-corrected chi connectivity index (χ0v) is 8.87. The summed E-state index contributed by atoms with van der Waals surface area (Å²) in [7, 11) is 0. The molecule has 1 heterocycles. The normalized spacial score (nSPS) is 34.1. The van der Waals surface area contributed by atoms with Gasteiger partial charge in [0.1, 0.15) is 0 Å². The minimum Gasteiger partial charge on any atom is -0.381 e. The summed E-state index contributed by atoms with van der Waals surface area (Å²) in [6.07, 6.45) is 4.91. The number of ether oxygens (including phenoxy) is 1. The standard InChI is InChI=1S/C11H22N2O/c12-11-5-10(6-11)8-13-7-9-1-3-14-4-2-9/h9-11,13H,1-8,12H2. The van der Waals surface area contributed by atoms with Crippen molar-refractivity contribution in [3.8, 4) is 0 Å². The predicted molar refractivity (Wildman–Crippen MR) is 57.1 cm³/mol. The van der Waals surface area contributed by atoms with Gasteiger partial charge in [0.05, 0.1) is 0 Å². The van der Waals surface area contributed by atoms with E-state index in [2.05, 4.69) is 5.32 Å². The lowest BCUT2D eigenvalue weighted by Crippen LogP contribution is -2.42. The largest absolute Gasteiger partial charge is 0.381 e. The van der Waals surface area contributed by atoms with Crippen molar-refractivity contribution in [2.75, 3.05) is 26.3 Å². The quantitative estimate of drug-likeness (QED) is 0.700. The van der Waals surface area contributed by atoms with Crippen LogP contribution in [0.25, 0.3) is 0 Å². The Kier molecular flexibility index (Phi) is 3.79. The van der Waals surface area contributed by atoms with Crippen molar-refractivity contribution in [1.29, 1.82) is 0 Å². The molecule has 2 aliphatic rings. The molecule has 0 aromatic carbocycles. The van der Waals surface area contributed by atoms with Crippen LogP contribution in [0.15, 0.2) is 0 Å². The first-order chi connectivity index (χ1) is 6.84. The lowest BCUT2D eigenvalue weighted by atomic mass is 9.81. The molecule has 2 fully saturated rings. The fraction of sp³-hybridized carbons (Fsp3) is 1.00. The molecule has 1 saturated carbocycles. The Morgan fingerprint density at radius 3 is 2.36 bits per heavy atom.